The van der Waals surface area contributed by atoms with Crippen LogP contribution < -0.4 is 0 Å². The Morgan fingerprint density at radius 2 is 1.81 bits per heavy atom. The van der Waals surface area contributed by atoms with Crippen molar-refractivity contribution in [1.82, 2.24) is 4.90 Å². The zero-order chi connectivity index (χ0) is 11.6. The van der Waals surface area contributed by atoms with Crippen LogP contribution in [0.5, 0.6) is 0 Å². The van der Waals surface area contributed by atoms with E-state index in [1.54, 1.807) is 0 Å². The monoisotopic (exact) mass is 243 g/mol. The highest BCUT2D eigenvalue weighted by Crippen LogP contribution is 2.33. The van der Waals surface area contributed by atoms with Crippen LogP contribution in [0.3, 0.4) is 0 Å². The van der Waals surface area contributed by atoms with Crippen molar-refractivity contribution in [3.05, 3.63) is 0 Å². The van der Waals surface area contributed by atoms with Gasteiger partial charge in [0.1, 0.15) is 0 Å². The van der Waals surface area contributed by atoms with Crippen molar-refractivity contribution in [2.75, 3.05) is 24.7 Å². The van der Waals surface area contributed by atoms with Gasteiger partial charge in [0.15, 0.2) is 0 Å². The van der Waals surface area contributed by atoms with E-state index in [4.69, 9.17) is 4.74 Å². The molecule has 0 aromatic heterocycles. The van der Waals surface area contributed by atoms with Gasteiger partial charge in [-0.15, -0.1) is 0 Å². The Labute approximate surface area is 104 Å². The molecule has 0 aromatic rings. The van der Waals surface area contributed by atoms with Gasteiger partial charge in [-0.2, -0.15) is 11.8 Å². The van der Waals surface area contributed by atoms with Crippen molar-refractivity contribution < 1.29 is 4.74 Å². The Balaban J connectivity index is 1.67. The minimum absolute atomic E-state index is 0.0245. The summed E-state index contributed by atoms with van der Waals surface area (Å²) in [5.41, 5.74) is 0.0245. The molecular weight excluding hydrogens is 218 g/mol. The fraction of sp³-hybridized carbons (Fsp3) is 1.00. The van der Waals surface area contributed by atoms with Crippen molar-refractivity contribution in [3.8, 4) is 0 Å². The van der Waals surface area contributed by atoms with Crippen LogP contribution in [0.25, 0.3) is 0 Å². The summed E-state index contributed by atoms with van der Waals surface area (Å²) in [6, 6.07) is 1.75. The summed E-state index contributed by atoms with van der Waals surface area (Å²) in [5.74, 6) is 2.72. The Morgan fingerprint density at radius 3 is 2.38 bits per heavy atom. The summed E-state index contributed by atoms with van der Waals surface area (Å²) < 4.78 is 5.78. The molecule has 2 saturated heterocycles. The summed E-state index contributed by atoms with van der Waals surface area (Å²) in [6.45, 7) is 8.55. The average Bonchev–Trinajstić information content (AvgIpc) is 2.45. The van der Waals surface area contributed by atoms with Gasteiger partial charge >= 0.3 is 0 Å². The van der Waals surface area contributed by atoms with Crippen molar-refractivity contribution in [2.45, 2.75) is 57.7 Å². The Hall–Kier alpha value is 0.270. The molecule has 2 unspecified atom stereocenters. The lowest BCUT2D eigenvalue weighted by atomic mass is 10.2. The first-order valence-electron chi connectivity index (χ1n) is 6.54. The smallest absolute Gasteiger partial charge is 0.0598 e. The van der Waals surface area contributed by atoms with Crippen LogP contribution in [0.1, 0.15) is 40.0 Å². The molecular formula is C13H25NOS. The van der Waals surface area contributed by atoms with E-state index in [0.717, 1.165) is 18.7 Å². The molecule has 0 aromatic carbocycles. The van der Waals surface area contributed by atoms with Crippen LogP contribution in [-0.4, -0.2) is 47.2 Å². The first-order chi connectivity index (χ1) is 7.56. The van der Waals surface area contributed by atoms with Crippen LogP contribution in [0.2, 0.25) is 0 Å². The predicted octanol–water partition coefficient (Wildman–Crippen LogP) is 2.77. The summed E-state index contributed by atoms with van der Waals surface area (Å²) >= 11 is 2.15. The average molecular weight is 243 g/mol. The van der Waals surface area contributed by atoms with Gasteiger partial charge in [0.25, 0.3) is 0 Å². The fourth-order valence-corrected chi connectivity index (χ4v) is 4.10. The molecule has 0 spiro atoms. The largest absolute Gasteiger partial charge is 0.376 e. The molecule has 2 bridgehead atoms. The summed E-state index contributed by atoms with van der Waals surface area (Å²) in [4.78, 5) is 2.74. The molecule has 16 heavy (non-hydrogen) atoms. The van der Waals surface area contributed by atoms with Crippen molar-refractivity contribution >= 4 is 11.8 Å². The molecule has 3 heteroatoms. The first kappa shape index (κ1) is 12.7. The molecule has 2 heterocycles. The topological polar surface area (TPSA) is 12.5 Å². The maximum absolute atomic E-state index is 5.78. The number of hydrogen-bond donors (Lipinski definition) is 0. The number of rotatable bonds is 4. The second kappa shape index (κ2) is 5.28. The Morgan fingerprint density at radius 1 is 1.19 bits per heavy atom. The van der Waals surface area contributed by atoms with Crippen molar-refractivity contribution in [2.24, 2.45) is 0 Å². The number of thioether (sulfide) groups is 1. The molecule has 2 nitrogen and oxygen atoms in total. The van der Waals surface area contributed by atoms with Gasteiger partial charge in [0.05, 0.1) is 5.60 Å². The fourth-order valence-electron chi connectivity index (χ4n) is 2.70. The maximum atomic E-state index is 5.78. The lowest BCUT2D eigenvalue weighted by Crippen LogP contribution is -2.43. The molecule has 0 amide bonds. The van der Waals surface area contributed by atoms with Crippen molar-refractivity contribution in [3.63, 3.8) is 0 Å². The van der Waals surface area contributed by atoms with Crippen molar-refractivity contribution in [1.29, 1.82) is 0 Å². The molecule has 94 valence electrons. The lowest BCUT2D eigenvalue weighted by molar-refractivity contribution is -0.00804. The number of fused-ring (bicyclic) bond motifs is 2. The predicted molar refractivity (Wildman–Crippen MR) is 71.2 cm³/mol. The van der Waals surface area contributed by atoms with Gasteiger partial charge in [-0.25, -0.2) is 0 Å². The normalized spacial score (nSPS) is 30.9. The van der Waals surface area contributed by atoms with Gasteiger partial charge in [-0.1, -0.05) is 0 Å². The Bertz CT molecular complexity index is 210. The molecule has 2 aliphatic heterocycles. The van der Waals surface area contributed by atoms with Gasteiger partial charge < -0.3 is 4.74 Å². The highest BCUT2D eigenvalue weighted by molar-refractivity contribution is 7.99. The quantitative estimate of drug-likeness (QED) is 0.705. The second-order valence-electron chi connectivity index (χ2n) is 5.97. The lowest BCUT2D eigenvalue weighted by Gasteiger charge is -2.34. The van der Waals surface area contributed by atoms with E-state index < -0.39 is 0 Å². The zero-order valence-electron chi connectivity index (χ0n) is 10.9. The molecule has 2 aliphatic rings. The summed E-state index contributed by atoms with van der Waals surface area (Å²) in [7, 11) is 0. The van der Waals surface area contributed by atoms with E-state index in [1.165, 1.54) is 37.3 Å². The third kappa shape index (κ3) is 3.38. The molecule has 0 aliphatic carbocycles. The number of nitrogens with zero attached hydrogens (tertiary/aromatic N) is 1. The third-order valence-corrected chi connectivity index (χ3v) is 4.73. The Kier molecular flexibility index (Phi) is 4.20. The van der Waals surface area contributed by atoms with Gasteiger partial charge in [-0.05, 0) is 40.0 Å². The van der Waals surface area contributed by atoms with E-state index >= 15 is 0 Å². The van der Waals surface area contributed by atoms with Crippen LogP contribution >= 0.6 is 11.8 Å². The molecule has 0 saturated carbocycles. The molecule has 0 N–H and O–H groups in total. The number of ether oxygens (including phenoxy) is 1. The minimum Gasteiger partial charge on any atom is -0.376 e. The molecule has 0 radical (unpaired) electrons. The third-order valence-electron chi connectivity index (χ3n) is 3.49. The van der Waals surface area contributed by atoms with Gasteiger partial charge in [0, 0.05) is 36.7 Å². The zero-order valence-corrected chi connectivity index (χ0v) is 11.7. The highest BCUT2D eigenvalue weighted by Gasteiger charge is 2.36. The standard InChI is InChI=1S/C13H25NOS/c1-13(2,3)15-8-4-7-14-11-5-6-12(14)10-16-9-11/h11-12H,4-10H2,1-3H3. The van der Waals surface area contributed by atoms with Gasteiger partial charge in [0.2, 0.25) is 0 Å². The SMILES string of the molecule is CC(C)(C)OCCCN1C2CCC1CSC2. The first-order valence-corrected chi connectivity index (χ1v) is 7.69. The van der Waals surface area contributed by atoms with Crippen LogP contribution in [0.4, 0.5) is 0 Å². The number of hydrogen-bond acceptors (Lipinski definition) is 3. The van der Waals surface area contributed by atoms with Crippen LogP contribution in [0, 0.1) is 0 Å². The van der Waals surface area contributed by atoms with Crippen LogP contribution in [0.15, 0.2) is 0 Å². The van der Waals surface area contributed by atoms with E-state index in [2.05, 4.69) is 37.4 Å². The molecule has 2 rings (SSSR count). The van der Waals surface area contributed by atoms with E-state index in [0.29, 0.717) is 0 Å². The summed E-state index contributed by atoms with van der Waals surface area (Å²) in [5, 5.41) is 0. The maximum Gasteiger partial charge on any atom is 0.0598 e. The van der Waals surface area contributed by atoms with E-state index in [-0.39, 0.29) is 5.60 Å². The minimum atomic E-state index is 0.0245. The van der Waals surface area contributed by atoms with E-state index in [1.807, 2.05) is 0 Å². The summed E-state index contributed by atoms with van der Waals surface area (Å²) in [6.07, 6.45) is 4.05. The second-order valence-corrected chi connectivity index (χ2v) is 7.05. The van der Waals surface area contributed by atoms with E-state index in [9.17, 15) is 0 Å². The highest BCUT2D eigenvalue weighted by atomic mass is 32.2. The molecule has 2 fully saturated rings. The van der Waals surface area contributed by atoms with Crippen LogP contribution in [-0.2, 0) is 4.74 Å². The van der Waals surface area contributed by atoms with Gasteiger partial charge in [-0.3, -0.25) is 4.90 Å². The molecule has 2 atom stereocenters.